The van der Waals surface area contributed by atoms with E-state index in [0.29, 0.717) is 29.3 Å². The van der Waals surface area contributed by atoms with E-state index in [4.69, 9.17) is 15.4 Å². The van der Waals surface area contributed by atoms with Crippen LogP contribution in [0.4, 0.5) is 0 Å². The molecule has 0 fully saturated rings. The number of benzene rings is 2. The topological polar surface area (TPSA) is 131 Å². The van der Waals surface area contributed by atoms with Crippen LogP contribution in [0.3, 0.4) is 0 Å². The van der Waals surface area contributed by atoms with Crippen molar-refractivity contribution in [2.45, 2.75) is 12.5 Å². The Morgan fingerprint density at radius 3 is 2.30 bits per heavy atom. The molecule has 1 heterocycles. The lowest BCUT2D eigenvalue weighted by Gasteiger charge is -2.10. The first kappa shape index (κ1) is 18.3. The van der Waals surface area contributed by atoms with E-state index in [1.165, 1.54) is 0 Å². The summed E-state index contributed by atoms with van der Waals surface area (Å²) in [7, 11) is 1.62. The average molecular weight is 366 g/mol. The van der Waals surface area contributed by atoms with E-state index >= 15 is 0 Å². The smallest absolute Gasteiger partial charge is 0.321 e. The largest absolute Gasteiger partial charge is 0.480 e. The number of nitrogens with one attached hydrogen (secondary N) is 1. The second-order valence-corrected chi connectivity index (χ2v) is 5.95. The van der Waals surface area contributed by atoms with Crippen LogP contribution in [0, 0.1) is 0 Å². The first-order valence-corrected chi connectivity index (χ1v) is 8.21. The van der Waals surface area contributed by atoms with Gasteiger partial charge < -0.3 is 20.7 Å². The van der Waals surface area contributed by atoms with Gasteiger partial charge in [-0.3, -0.25) is 9.59 Å². The van der Waals surface area contributed by atoms with Gasteiger partial charge in [-0.05, 0) is 43.3 Å². The van der Waals surface area contributed by atoms with E-state index in [9.17, 15) is 9.59 Å². The highest BCUT2D eigenvalue weighted by Crippen LogP contribution is 2.23. The zero-order chi connectivity index (χ0) is 19.4. The molecule has 1 atom stereocenters. The molecule has 1 amide bonds. The normalized spacial score (nSPS) is 11.9. The molecule has 0 aliphatic carbocycles. The summed E-state index contributed by atoms with van der Waals surface area (Å²) in [6.45, 7) is 0. The Morgan fingerprint density at radius 2 is 1.74 bits per heavy atom. The molecule has 0 radical (unpaired) electrons. The van der Waals surface area contributed by atoms with Gasteiger partial charge in [-0.15, -0.1) is 0 Å². The number of nitrogens with zero attached hydrogens (tertiary/aromatic N) is 2. The Labute approximate surface area is 155 Å². The SMILES string of the molecule is CNC(Cc1ccc(-c2noc(-c3ccc(C(N)=O)cc3)n2)cc1)C(=O)O. The van der Waals surface area contributed by atoms with Crippen molar-refractivity contribution in [1.29, 1.82) is 0 Å². The number of hydrogen-bond donors (Lipinski definition) is 3. The van der Waals surface area contributed by atoms with Crippen LogP contribution in [0.2, 0.25) is 0 Å². The fourth-order valence-corrected chi connectivity index (χ4v) is 2.57. The average Bonchev–Trinajstić information content (AvgIpc) is 3.16. The van der Waals surface area contributed by atoms with Crippen LogP contribution in [0.1, 0.15) is 15.9 Å². The zero-order valence-corrected chi connectivity index (χ0v) is 14.5. The summed E-state index contributed by atoms with van der Waals surface area (Å²) in [6, 6.07) is 13.2. The third-order valence-electron chi connectivity index (χ3n) is 4.14. The molecule has 3 rings (SSSR count). The Balaban J connectivity index is 1.76. The molecule has 2 aromatic carbocycles. The maximum absolute atomic E-state index is 11.1. The molecule has 0 aliphatic rings. The van der Waals surface area contributed by atoms with E-state index in [0.717, 1.165) is 11.1 Å². The van der Waals surface area contributed by atoms with Crippen molar-refractivity contribution in [1.82, 2.24) is 15.5 Å². The Kier molecular flexibility index (Phi) is 5.28. The van der Waals surface area contributed by atoms with Gasteiger partial charge in [0.15, 0.2) is 0 Å². The van der Waals surface area contributed by atoms with Gasteiger partial charge in [0.25, 0.3) is 5.89 Å². The van der Waals surface area contributed by atoms with E-state index < -0.39 is 17.9 Å². The van der Waals surface area contributed by atoms with Gasteiger partial charge in [-0.1, -0.05) is 29.4 Å². The highest BCUT2D eigenvalue weighted by atomic mass is 16.5. The molecule has 138 valence electrons. The number of rotatable bonds is 7. The molecule has 3 aromatic rings. The molecular formula is C19H18N4O4. The molecule has 0 saturated heterocycles. The molecule has 0 aliphatic heterocycles. The molecule has 0 saturated carbocycles. The summed E-state index contributed by atoms with van der Waals surface area (Å²) in [5, 5.41) is 15.8. The minimum atomic E-state index is -0.897. The lowest BCUT2D eigenvalue weighted by Crippen LogP contribution is -2.35. The molecule has 1 unspecified atom stereocenters. The molecular weight excluding hydrogens is 348 g/mol. The van der Waals surface area contributed by atoms with Gasteiger partial charge in [-0.25, -0.2) is 0 Å². The number of amides is 1. The van der Waals surface area contributed by atoms with Crippen molar-refractivity contribution >= 4 is 11.9 Å². The minimum Gasteiger partial charge on any atom is -0.480 e. The van der Waals surface area contributed by atoms with Crippen molar-refractivity contribution in [3.63, 3.8) is 0 Å². The molecule has 4 N–H and O–H groups in total. The Bertz CT molecular complexity index is 949. The van der Waals surface area contributed by atoms with Crippen LogP contribution in [-0.4, -0.2) is 40.2 Å². The predicted molar refractivity (Wildman–Crippen MR) is 97.9 cm³/mol. The zero-order valence-electron chi connectivity index (χ0n) is 14.5. The number of carbonyl (C=O) groups is 2. The Hall–Kier alpha value is -3.52. The summed E-state index contributed by atoms with van der Waals surface area (Å²) in [4.78, 5) is 26.6. The van der Waals surface area contributed by atoms with Gasteiger partial charge in [0.1, 0.15) is 6.04 Å². The van der Waals surface area contributed by atoms with Crippen molar-refractivity contribution in [3.05, 3.63) is 59.7 Å². The highest BCUT2D eigenvalue weighted by Gasteiger charge is 2.16. The minimum absolute atomic E-state index is 0.325. The van der Waals surface area contributed by atoms with E-state index in [2.05, 4.69) is 15.5 Å². The number of carbonyl (C=O) groups excluding carboxylic acids is 1. The number of carboxylic acids is 1. The van der Waals surface area contributed by atoms with Gasteiger partial charge in [0, 0.05) is 16.7 Å². The molecule has 1 aromatic heterocycles. The molecule has 8 heteroatoms. The van der Waals surface area contributed by atoms with Crippen molar-refractivity contribution in [3.8, 4) is 22.8 Å². The Morgan fingerprint density at radius 1 is 1.11 bits per heavy atom. The second kappa shape index (κ2) is 7.79. The highest BCUT2D eigenvalue weighted by molar-refractivity contribution is 5.93. The number of aromatic nitrogens is 2. The van der Waals surface area contributed by atoms with E-state index in [-0.39, 0.29) is 0 Å². The van der Waals surface area contributed by atoms with Crippen LogP contribution in [0.5, 0.6) is 0 Å². The molecule has 27 heavy (non-hydrogen) atoms. The van der Waals surface area contributed by atoms with Crippen molar-refractivity contribution in [2.75, 3.05) is 7.05 Å². The quantitative estimate of drug-likeness (QED) is 0.580. The van der Waals surface area contributed by atoms with Crippen LogP contribution < -0.4 is 11.1 Å². The van der Waals surface area contributed by atoms with Gasteiger partial charge in [0.2, 0.25) is 11.7 Å². The maximum Gasteiger partial charge on any atom is 0.321 e. The molecule has 8 nitrogen and oxygen atoms in total. The monoisotopic (exact) mass is 366 g/mol. The lowest BCUT2D eigenvalue weighted by molar-refractivity contribution is -0.139. The predicted octanol–water partition coefficient (Wildman–Crippen LogP) is 1.72. The number of carboxylic acid groups (broad SMARTS) is 1. The van der Waals surface area contributed by atoms with Gasteiger partial charge >= 0.3 is 5.97 Å². The summed E-state index contributed by atoms with van der Waals surface area (Å²) in [5.74, 6) is -0.659. The number of primary amides is 1. The summed E-state index contributed by atoms with van der Waals surface area (Å²) in [6.07, 6.45) is 0.371. The third-order valence-corrected chi connectivity index (χ3v) is 4.14. The number of likely N-dealkylation sites (N-methyl/N-ethyl adjacent to an activating group) is 1. The second-order valence-electron chi connectivity index (χ2n) is 5.95. The van der Waals surface area contributed by atoms with Crippen LogP contribution >= 0.6 is 0 Å². The number of nitrogens with two attached hydrogens (primary N) is 1. The number of aliphatic carboxylic acids is 1. The fraction of sp³-hybridized carbons (Fsp3) is 0.158. The first-order valence-electron chi connectivity index (χ1n) is 8.21. The molecule has 0 bridgehead atoms. The van der Waals surface area contributed by atoms with Crippen molar-refractivity contribution in [2.24, 2.45) is 5.73 Å². The first-order chi connectivity index (χ1) is 13.0. The van der Waals surface area contributed by atoms with Crippen molar-refractivity contribution < 1.29 is 19.2 Å². The van der Waals surface area contributed by atoms with Crippen LogP contribution in [0.15, 0.2) is 53.1 Å². The standard InChI is InChI=1S/C19H18N4O4/c1-21-15(19(25)26)10-11-2-4-13(5-3-11)17-22-18(27-23-17)14-8-6-12(7-9-14)16(20)24/h2-9,15,21H,10H2,1H3,(H2,20,24)(H,25,26). The van der Waals surface area contributed by atoms with Gasteiger partial charge in [-0.2, -0.15) is 4.98 Å². The van der Waals surface area contributed by atoms with Crippen LogP contribution in [-0.2, 0) is 11.2 Å². The summed E-state index contributed by atoms with van der Waals surface area (Å²) < 4.78 is 5.28. The summed E-state index contributed by atoms with van der Waals surface area (Å²) >= 11 is 0. The van der Waals surface area contributed by atoms with Crippen LogP contribution in [0.25, 0.3) is 22.8 Å². The molecule has 0 spiro atoms. The van der Waals surface area contributed by atoms with E-state index in [1.54, 1.807) is 31.3 Å². The van der Waals surface area contributed by atoms with E-state index in [1.807, 2.05) is 24.3 Å². The maximum atomic E-state index is 11.1. The van der Waals surface area contributed by atoms with Gasteiger partial charge in [0.05, 0.1) is 0 Å². The summed E-state index contributed by atoms with van der Waals surface area (Å²) in [5.41, 5.74) is 7.93. The number of hydrogen-bond acceptors (Lipinski definition) is 6. The third kappa shape index (κ3) is 4.18. The lowest BCUT2D eigenvalue weighted by atomic mass is 10.0. The fourth-order valence-electron chi connectivity index (χ4n) is 2.57.